The minimum Gasteiger partial charge on any atom is -0.480 e. The molecule has 1 saturated carbocycles. The zero-order chi connectivity index (χ0) is 14.5. The minimum absolute atomic E-state index is 0.0456. The predicted octanol–water partition coefficient (Wildman–Crippen LogP) is 1.19. The molecule has 20 heavy (non-hydrogen) atoms. The van der Waals surface area contributed by atoms with E-state index in [-0.39, 0.29) is 24.2 Å². The summed E-state index contributed by atoms with van der Waals surface area (Å²) in [7, 11) is 1.50. The van der Waals surface area contributed by atoms with Crippen molar-refractivity contribution >= 4 is 17.5 Å². The Morgan fingerprint density at radius 1 is 1.50 bits per heavy atom. The molecule has 2 rings (SSSR count). The molecule has 1 fully saturated rings. The van der Waals surface area contributed by atoms with Crippen LogP contribution in [0.3, 0.4) is 0 Å². The first-order valence-electron chi connectivity index (χ1n) is 6.68. The molecule has 0 spiro atoms. The van der Waals surface area contributed by atoms with Gasteiger partial charge in [-0.25, -0.2) is 4.98 Å². The maximum atomic E-state index is 11.8. The van der Waals surface area contributed by atoms with Crippen LogP contribution in [0.1, 0.15) is 19.8 Å². The van der Waals surface area contributed by atoms with Gasteiger partial charge in [0, 0.05) is 25.1 Å². The number of ether oxygens (including phenoxy) is 1. The first-order chi connectivity index (χ1) is 9.61. The van der Waals surface area contributed by atoms with Gasteiger partial charge in [-0.2, -0.15) is 0 Å². The van der Waals surface area contributed by atoms with E-state index in [1.807, 2.05) is 6.92 Å². The number of aromatic nitrogens is 1. The Morgan fingerprint density at radius 3 is 2.90 bits per heavy atom. The number of methoxy groups -OCH3 is 1. The lowest BCUT2D eigenvalue weighted by Gasteiger charge is -2.09. The molecule has 0 aromatic carbocycles. The van der Waals surface area contributed by atoms with Gasteiger partial charge in [0.15, 0.2) is 0 Å². The number of carbonyl (C=O) groups excluding carboxylic acids is 2. The van der Waals surface area contributed by atoms with Gasteiger partial charge in [-0.05, 0) is 24.5 Å². The molecular formula is C14H19N3O3. The second-order valence-corrected chi connectivity index (χ2v) is 4.97. The van der Waals surface area contributed by atoms with Crippen LogP contribution >= 0.6 is 0 Å². The highest BCUT2D eigenvalue weighted by Crippen LogP contribution is 2.37. The van der Waals surface area contributed by atoms with Crippen molar-refractivity contribution in [2.45, 2.75) is 19.8 Å². The number of rotatable bonds is 6. The van der Waals surface area contributed by atoms with Gasteiger partial charge < -0.3 is 15.4 Å². The van der Waals surface area contributed by atoms with Crippen molar-refractivity contribution in [1.29, 1.82) is 0 Å². The molecule has 1 aromatic heterocycles. The Kier molecular flexibility index (Phi) is 4.55. The van der Waals surface area contributed by atoms with E-state index >= 15 is 0 Å². The highest BCUT2D eigenvalue weighted by Gasteiger charge is 2.38. The lowest BCUT2D eigenvalue weighted by atomic mass is 10.3. The molecule has 0 saturated heterocycles. The second kappa shape index (κ2) is 6.36. The molecular weight excluding hydrogens is 258 g/mol. The number of pyridine rings is 1. The number of nitrogens with zero attached hydrogens (tertiary/aromatic N) is 1. The van der Waals surface area contributed by atoms with E-state index in [1.165, 1.54) is 7.11 Å². The van der Waals surface area contributed by atoms with Crippen LogP contribution in [0.25, 0.3) is 0 Å². The normalized spacial score (nSPS) is 20.1. The maximum absolute atomic E-state index is 11.8. The van der Waals surface area contributed by atoms with Gasteiger partial charge >= 0.3 is 0 Å². The second-order valence-electron chi connectivity index (χ2n) is 4.97. The van der Waals surface area contributed by atoms with Crippen LogP contribution in [0.15, 0.2) is 18.3 Å². The highest BCUT2D eigenvalue weighted by molar-refractivity contribution is 5.92. The van der Waals surface area contributed by atoms with Gasteiger partial charge in [0.25, 0.3) is 0 Å². The van der Waals surface area contributed by atoms with E-state index in [0.29, 0.717) is 24.0 Å². The van der Waals surface area contributed by atoms with Crippen molar-refractivity contribution in [1.82, 2.24) is 10.3 Å². The van der Waals surface area contributed by atoms with Gasteiger partial charge in [-0.1, -0.05) is 6.92 Å². The quantitative estimate of drug-likeness (QED) is 0.818. The molecule has 0 radical (unpaired) electrons. The predicted molar refractivity (Wildman–Crippen MR) is 74.3 cm³/mol. The van der Waals surface area contributed by atoms with Gasteiger partial charge in [-0.15, -0.1) is 0 Å². The fraction of sp³-hybridized carbons (Fsp3) is 0.500. The van der Waals surface area contributed by atoms with E-state index in [0.717, 1.165) is 6.42 Å². The van der Waals surface area contributed by atoms with Crippen LogP contribution in [0.4, 0.5) is 5.69 Å². The average Bonchev–Trinajstić information content (AvgIpc) is 3.16. The van der Waals surface area contributed by atoms with Crippen LogP contribution < -0.4 is 15.4 Å². The summed E-state index contributed by atoms with van der Waals surface area (Å²) in [6.45, 7) is 2.39. The van der Waals surface area contributed by atoms with Gasteiger partial charge in [0.2, 0.25) is 17.7 Å². The van der Waals surface area contributed by atoms with Crippen LogP contribution in [-0.4, -0.2) is 30.5 Å². The summed E-state index contributed by atoms with van der Waals surface area (Å²) in [6, 6.07) is 3.43. The Hall–Kier alpha value is -2.11. The molecule has 1 heterocycles. The van der Waals surface area contributed by atoms with Gasteiger partial charge in [0.1, 0.15) is 5.69 Å². The van der Waals surface area contributed by atoms with Crippen LogP contribution in [0.5, 0.6) is 5.88 Å². The molecule has 1 aromatic rings. The first kappa shape index (κ1) is 14.3. The van der Waals surface area contributed by atoms with Crippen LogP contribution in [0, 0.1) is 11.8 Å². The Bertz CT molecular complexity index is 504. The van der Waals surface area contributed by atoms with Gasteiger partial charge in [0.05, 0.1) is 7.11 Å². The third kappa shape index (κ3) is 3.69. The van der Waals surface area contributed by atoms with Crippen molar-refractivity contribution in [2.24, 2.45) is 11.8 Å². The number of carbonyl (C=O) groups is 2. The Labute approximate surface area is 117 Å². The third-order valence-corrected chi connectivity index (χ3v) is 3.34. The molecule has 0 bridgehead atoms. The number of anilines is 1. The summed E-state index contributed by atoms with van der Waals surface area (Å²) in [4.78, 5) is 27.3. The van der Waals surface area contributed by atoms with Crippen molar-refractivity contribution in [3.63, 3.8) is 0 Å². The van der Waals surface area contributed by atoms with Crippen LogP contribution in [0.2, 0.25) is 0 Å². The van der Waals surface area contributed by atoms with E-state index in [4.69, 9.17) is 4.74 Å². The third-order valence-electron chi connectivity index (χ3n) is 3.34. The standard InChI is InChI=1S/C14H19N3O3/c1-9-8-10(9)13(19)15-7-5-12(18)17-11-4-3-6-16-14(11)20-2/h3-4,6,9-10H,5,7-8H2,1-2H3,(H,15,19)(H,17,18)/t9-,10+/m1/s1. The fourth-order valence-electron chi connectivity index (χ4n) is 1.98. The molecule has 0 aliphatic heterocycles. The Balaban J connectivity index is 1.74. The zero-order valence-electron chi connectivity index (χ0n) is 11.7. The summed E-state index contributed by atoms with van der Waals surface area (Å²) in [5.41, 5.74) is 0.530. The monoisotopic (exact) mass is 277 g/mol. The average molecular weight is 277 g/mol. The molecule has 6 heteroatoms. The fourth-order valence-corrected chi connectivity index (χ4v) is 1.98. The topological polar surface area (TPSA) is 80.3 Å². The van der Waals surface area contributed by atoms with E-state index in [2.05, 4.69) is 15.6 Å². The van der Waals surface area contributed by atoms with Crippen molar-refractivity contribution in [3.8, 4) is 5.88 Å². The summed E-state index contributed by atoms with van der Waals surface area (Å²) >= 11 is 0. The zero-order valence-corrected chi connectivity index (χ0v) is 11.7. The minimum atomic E-state index is -0.180. The smallest absolute Gasteiger partial charge is 0.237 e. The van der Waals surface area contributed by atoms with Crippen molar-refractivity contribution < 1.29 is 14.3 Å². The lowest BCUT2D eigenvalue weighted by molar-refractivity contribution is -0.122. The number of hydrogen-bond acceptors (Lipinski definition) is 4. The lowest BCUT2D eigenvalue weighted by Crippen LogP contribution is -2.29. The summed E-state index contributed by atoms with van der Waals surface area (Å²) in [5.74, 6) is 0.848. The summed E-state index contributed by atoms with van der Waals surface area (Å²) in [5, 5.41) is 5.48. The first-order valence-corrected chi connectivity index (χ1v) is 6.68. The summed E-state index contributed by atoms with van der Waals surface area (Å²) < 4.78 is 5.04. The molecule has 108 valence electrons. The highest BCUT2D eigenvalue weighted by atomic mass is 16.5. The molecule has 1 aliphatic carbocycles. The molecule has 2 N–H and O–H groups in total. The van der Waals surface area contributed by atoms with Crippen molar-refractivity contribution in [2.75, 3.05) is 19.0 Å². The van der Waals surface area contributed by atoms with Crippen molar-refractivity contribution in [3.05, 3.63) is 18.3 Å². The van der Waals surface area contributed by atoms with Crippen LogP contribution in [-0.2, 0) is 9.59 Å². The summed E-state index contributed by atoms with van der Waals surface area (Å²) in [6.07, 6.45) is 2.77. The molecule has 2 atom stereocenters. The molecule has 2 amide bonds. The molecule has 1 aliphatic rings. The van der Waals surface area contributed by atoms with E-state index in [9.17, 15) is 9.59 Å². The molecule has 6 nitrogen and oxygen atoms in total. The Morgan fingerprint density at radius 2 is 2.25 bits per heavy atom. The number of hydrogen-bond donors (Lipinski definition) is 2. The van der Waals surface area contributed by atoms with E-state index in [1.54, 1.807) is 18.3 Å². The number of amides is 2. The largest absolute Gasteiger partial charge is 0.480 e. The molecule has 0 unspecified atom stereocenters. The SMILES string of the molecule is COc1ncccc1NC(=O)CCNC(=O)[C@H]1C[C@H]1C. The number of nitrogens with one attached hydrogen (secondary N) is 2. The van der Waals surface area contributed by atoms with Gasteiger partial charge in [-0.3, -0.25) is 9.59 Å². The van der Waals surface area contributed by atoms with E-state index < -0.39 is 0 Å². The maximum Gasteiger partial charge on any atom is 0.237 e.